The third-order valence-corrected chi connectivity index (χ3v) is 7.16. The molecule has 4 rings (SSSR count). The van der Waals surface area contributed by atoms with E-state index in [0.29, 0.717) is 56.5 Å². The Labute approximate surface area is 273 Å². The van der Waals surface area contributed by atoms with Crippen molar-refractivity contribution < 1.29 is 42.8 Å². The summed E-state index contributed by atoms with van der Waals surface area (Å²) in [6.45, 7) is 3.46. The maximum absolute atomic E-state index is 14.1. The van der Waals surface area contributed by atoms with Gasteiger partial charge in [-0.15, -0.1) is 0 Å². The Kier molecular flexibility index (Phi) is 11.8. The van der Waals surface area contributed by atoms with Crippen molar-refractivity contribution in [3.8, 4) is 23.0 Å². The topological polar surface area (TPSA) is 149 Å². The minimum absolute atomic E-state index is 0.0414. The minimum Gasteiger partial charge on any atom is -0.493 e. The molecule has 1 aliphatic rings. The Hall–Kier alpha value is -4.82. The highest BCUT2D eigenvalue weighted by Gasteiger charge is 2.32. The van der Waals surface area contributed by atoms with Gasteiger partial charge in [0, 0.05) is 21.3 Å². The van der Waals surface area contributed by atoms with Gasteiger partial charge >= 0.3 is 12.0 Å². The molecule has 0 saturated heterocycles. The van der Waals surface area contributed by atoms with Crippen LogP contribution in [0.25, 0.3) is 0 Å². The van der Waals surface area contributed by atoms with E-state index in [0.717, 1.165) is 0 Å². The molecule has 3 aromatic rings. The third-order valence-electron chi connectivity index (χ3n) is 6.70. The number of urea groups is 1. The van der Waals surface area contributed by atoms with Crippen molar-refractivity contribution in [1.29, 1.82) is 0 Å². The van der Waals surface area contributed by atoms with E-state index >= 15 is 0 Å². The summed E-state index contributed by atoms with van der Waals surface area (Å²) in [7, 11) is 2.75. The average molecular weight is 702 g/mol. The van der Waals surface area contributed by atoms with Gasteiger partial charge in [0.15, 0.2) is 29.2 Å². The standard InChI is InChI=1S/C32H34BrFN4O8/c1-5-44-25-13-19(29-28(31(40)43-4)18(2)36-32(41)37-29)10-11-24(25)45-17-27(39)38-35-15-21-12-22(33)14-26(42-3)30(21)46-16-20-8-6-7-9-23(20)34/h6-15,27,29,38-39H,5,16-17H2,1-4H3,(H2,36,37,41)/b35-15+/t27-,29+/m1/s1. The van der Waals surface area contributed by atoms with Crippen molar-refractivity contribution in [2.75, 3.05) is 27.4 Å². The normalized spacial score (nSPS) is 15.1. The van der Waals surface area contributed by atoms with Crippen LogP contribution in [0.4, 0.5) is 9.18 Å². The Morgan fingerprint density at radius 2 is 1.89 bits per heavy atom. The van der Waals surface area contributed by atoms with Crippen molar-refractivity contribution in [2.45, 2.75) is 32.7 Å². The molecule has 46 heavy (non-hydrogen) atoms. The summed E-state index contributed by atoms with van der Waals surface area (Å²) in [6, 6.07) is 13.4. The predicted octanol–water partition coefficient (Wildman–Crippen LogP) is 4.70. The number of amides is 2. The number of aliphatic hydroxyl groups is 1. The molecule has 4 N–H and O–H groups in total. The van der Waals surface area contributed by atoms with Crippen LogP contribution in [-0.2, 0) is 16.1 Å². The number of hydrogen-bond donors (Lipinski definition) is 4. The lowest BCUT2D eigenvalue weighted by Gasteiger charge is -2.28. The summed E-state index contributed by atoms with van der Waals surface area (Å²) >= 11 is 3.43. The van der Waals surface area contributed by atoms with Gasteiger partial charge in [-0.3, -0.25) is 5.43 Å². The van der Waals surface area contributed by atoms with Crippen LogP contribution in [0.5, 0.6) is 23.0 Å². The molecule has 1 aliphatic heterocycles. The van der Waals surface area contributed by atoms with Gasteiger partial charge in [-0.05, 0) is 49.7 Å². The number of aliphatic hydroxyl groups excluding tert-OH is 1. The van der Waals surface area contributed by atoms with E-state index in [-0.39, 0.29) is 18.8 Å². The Morgan fingerprint density at radius 3 is 2.61 bits per heavy atom. The van der Waals surface area contributed by atoms with Gasteiger partial charge in [0.05, 0.1) is 38.7 Å². The van der Waals surface area contributed by atoms with Gasteiger partial charge in [0.25, 0.3) is 0 Å². The molecule has 0 radical (unpaired) electrons. The molecule has 0 aromatic heterocycles. The molecule has 14 heteroatoms. The van der Waals surface area contributed by atoms with Crippen LogP contribution in [0.1, 0.15) is 36.6 Å². The molecular formula is C32H34BrFN4O8. The SMILES string of the molecule is CCOc1cc([C@@H]2NC(=O)NC(C)=C2C(=O)OC)ccc1OC[C@@H](O)N/N=C/c1cc(Br)cc(OC)c1OCc1ccccc1F. The number of hydrogen-bond acceptors (Lipinski definition) is 10. The lowest BCUT2D eigenvalue weighted by atomic mass is 9.95. The first-order chi connectivity index (χ1) is 22.1. The van der Waals surface area contributed by atoms with Crippen LogP contribution in [-0.4, -0.2) is 57.0 Å². The number of benzene rings is 3. The van der Waals surface area contributed by atoms with Crippen LogP contribution in [0.3, 0.4) is 0 Å². The molecule has 12 nitrogen and oxygen atoms in total. The summed E-state index contributed by atoms with van der Waals surface area (Å²) in [6.07, 6.45) is 0.192. The zero-order chi connectivity index (χ0) is 33.2. The second-order valence-electron chi connectivity index (χ2n) is 9.82. The first-order valence-corrected chi connectivity index (χ1v) is 14.9. The second kappa shape index (κ2) is 16.0. The number of ether oxygens (including phenoxy) is 5. The number of carbonyl (C=O) groups is 2. The zero-order valence-electron chi connectivity index (χ0n) is 25.6. The number of allylic oxidation sites excluding steroid dienone is 1. The first kappa shape index (κ1) is 34.1. The lowest BCUT2D eigenvalue weighted by Crippen LogP contribution is -2.45. The van der Waals surface area contributed by atoms with Gasteiger partial charge in [-0.1, -0.05) is 40.2 Å². The summed E-state index contributed by atoms with van der Waals surface area (Å²) < 4.78 is 42.7. The van der Waals surface area contributed by atoms with Crippen molar-refractivity contribution in [2.24, 2.45) is 5.10 Å². The molecule has 244 valence electrons. The first-order valence-electron chi connectivity index (χ1n) is 14.1. The fraction of sp³-hybridized carbons (Fsp3) is 0.281. The Morgan fingerprint density at radius 1 is 1.11 bits per heavy atom. The van der Waals surface area contributed by atoms with Crippen molar-refractivity contribution in [3.63, 3.8) is 0 Å². The molecule has 0 unspecified atom stereocenters. The largest absolute Gasteiger partial charge is 0.493 e. The predicted molar refractivity (Wildman–Crippen MR) is 170 cm³/mol. The molecule has 0 spiro atoms. The smallest absolute Gasteiger partial charge is 0.337 e. The fourth-order valence-electron chi connectivity index (χ4n) is 4.57. The average Bonchev–Trinajstić information content (AvgIpc) is 3.03. The highest BCUT2D eigenvalue weighted by atomic mass is 79.9. The van der Waals surface area contributed by atoms with Gasteiger partial charge < -0.3 is 39.4 Å². The summed E-state index contributed by atoms with van der Waals surface area (Å²) in [5, 5.41) is 20.0. The van der Waals surface area contributed by atoms with E-state index in [1.54, 1.807) is 62.4 Å². The van der Waals surface area contributed by atoms with Crippen LogP contribution in [0.15, 0.2) is 75.4 Å². The summed E-state index contributed by atoms with van der Waals surface area (Å²) in [5.41, 5.74) is 4.65. The summed E-state index contributed by atoms with van der Waals surface area (Å²) in [4.78, 5) is 24.6. The van der Waals surface area contributed by atoms with E-state index in [9.17, 15) is 19.1 Å². The number of carbonyl (C=O) groups excluding carboxylic acids is 2. The van der Waals surface area contributed by atoms with Crippen molar-refractivity contribution in [1.82, 2.24) is 16.1 Å². The molecule has 2 atom stereocenters. The quantitative estimate of drug-likeness (QED) is 0.0813. The van der Waals surface area contributed by atoms with E-state index in [1.165, 1.54) is 26.5 Å². The monoisotopic (exact) mass is 700 g/mol. The number of esters is 1. The van der Waals surface area contributed by atoms with Gasteiger partial charge in [-0.25, -0.2) is 14.0 Å². The van der Waals surface area contributed by atoms with Gasteiger partial charge in [-0.2, -0.15) is 5.10 Å². The van der Waals surface area contributed by atoms with Crippen LogP contribution < -0.4 is 35.0 Å². The number of hydrazone groups is 1. The van der Waals surface area contributed by atoms with E-state index < -0.39 is 30.1 Å². The number of nitrogens with one attached hydrogen (secondary N) is 3. The molecule has 0 aliphatic carbocycles. The molecular weight excluding hydrogens is 667 g/mol. The van der Waals surface area contributed by atoms with Crippen LogP contribution in [0.2, 0.25) is 0 Å². The number of halogens is 2. The molecule has 3 aromatic carbocycles. The van der Waals surface area contributed by atoms with Gasteiger partial charge in [0.1, 0.15) is 19.0 Å². The van der Waals surface area contributed by atoms with E-state index in [2.05, 4.69) is 37.1 Å². The molecule has 1 heterocycles. The third kappa shape index (κ3) is 8.46. The second-order valence-corrected chi connectivity index (χ2v) is 10.7. The summed E-state index contributed by atoms with van der Waals surface area (Å²) in [5.74, 6) is 0.401. The Balaban J connectivity index is 1.45. The van der Waals surface area contributed by atoms with Crippen molar-refractivity contribution >= 4 is 34.1 Å². The molecule has 2 amide bonds. The van der Waals surface area contributed by atoms with Crippen LogP contribution >= 0.6 is 15.9 Å². The van der Waals surface area contributed by atoms with Crippen molar-refractivity contribution in [3.05, 3.63) is 92.8 Å². The van der Waals surface area contributed by atoms with Gasteiger partial charge in [0.2, 0.25) is 0 Å². The lowest BCUT2D eigenvalue weighted by molar-refractivity contribution is -0.136. The maximum atomic E-state index is 14.1. The minimum atomic E-state index is -1.23. The number of rotatable bonds is 14. The van der Waals surface area contributed by atoms with E-state index in [4.69, 9.17) is 23.7 Å². The molecule has 0 fully saturated rings. The number of nitrogens with zero attached hydrogens (tertiary/aromatic N) is 1. The van der Waals surface area contributed by atoms with Crippen LogP contribution in [0, 0.1) is 5.82 Å². The zero-order valence-corrected chi connectivity index (χ0v) is 27.1. The maximum Gasteiger partial charge on any atom is 0.337 e. The van der Waals surface area contributed by atoms with E-state index in [1.807, 2.05) is 0 Å². The molecule has 0 bridgehead atoms. The molecule has 0 saturated carbocycles. The highest BCUT2D eigenvalue weighted by molar-refractivity contribution is 9.10. The number of methoxy groups -OCH3 is 2. The fourth-order valence-corrected chi connectivity index (χ4v) is 5.03. The highest BCUT2D eigenvalue weighted by Crippen LogP contribution is 2.36. The Bertz CT molecular complexity index is 1630.